The van der Waals surface area contributed by atoms with E-state index in [1.165, 1.54) is 0 Å². The highest BCUT2D eigenvalue weighted by atomic mass is 16.4. The third-order valence-corrected chi connectivity index (χ3v) is 4.51. The molecule has 1 fully saturated rings. The molecule has 1 heterocycles. The highest BCUT2D eigenvalue weighted by Crippen LogP contribution is 2.36. The van der Waals surface area contributed by atoms with Gasteiger partial charge >= 0.3 is 12.0 Å². The summed E-state index contributed by atoms with van der Waals surface area (Å²) in [6.07, 6.45) is 4.62. The highest BCUT2D eigenvalue weighted by molar-refractivity contribution is 5.77. The molecule has 0 aromatic rings. The van der Waals surface area contributed by atoms with E-state index in [4.69, 9.17) is 0 Å². The van der Waals surface area contributed by atoms with Crippen molar-refractivity contribution in [3.63, 3.8) is 0 Å². The predicted octanol–water partition coefficient (Wildman–Crippen LogP) is 3.24. The molecule has 0 bridgehead atoms. The average molecular weight is 298 g/mol. The molecule has 2 amide bonds. The van der Waals surface area contributed by atoms with E-state index < -0.39 is 11.4 Å². The Kier molecular flexibility index (Phi) is 6.05. The normalized spacial score (nSPS) is 18.4. The number of rotatable bonds is 6. The highest BCUT2D eigenvalue weighted by Gasteiger charge is 2.41. The second-order valence-corrected chi connectivity index (χ2v) is 6.89. The van der Waals surface area contributed by atoms with Crippen LogP contribution in [0.5, 0.6) is 0 Å². The van der Waals surface area contributed by atoms with Gasteiger partial charge in [-0.25, -0.2) is 4.79 Å². The molecule has 1 aliphatic rings. The summed E-state index contributed by atoms with van der Waals surface area (Å²) in [5.74, 6) is -0.712. The molecule has 0 aromatic heterocycles. The van der Waals surface area contributed by atoms with E-state index in [2.05, 4.69) is 12.2 Å². The van der Waals surface area contributed by atoms with Crippen LogP contribution in [0.3, 0.4) is 0 Å². The molecule has 5 heteroatoms. The van der Waals surface area contributed by atoms with Gasteiger partial charge in [0.25, 0.3) is 0 Å². The Morgan fingerprint density at radius 3 is 2.19 bits per heavy atom. The summed E-state index contributed by atoms with van der Waals surface area (Å²) in [7, 11) is 0. The fraction of sp³-hybridized carbons (Fsp3) is 0.875. The third-order valence-electron chi connectivity index (χ3n) is 4.51. The number of carboxylic acid groups (broad SMARTS) is 1. The molecule has 5 nitrogen and oxygen atoms in total. The van der Waals surface area contributed by atoms with E-state index in [1.54, 1.807) is 4.90 Å². The number of hydrogen-bond donors (Lipinski definition) is 2. The Bertz CT molecular complexity index is 372. The van der Waals surface area contributed by atoms with Gasteiger partial charge in [-0.3, -0.25) is 4.79 Å². The summed E-state index contributed by atoms with van der Waals surface area (Å²) >= 11 is 0. The van der Waals surface area contributed by atoms with Crippen molar-refractivity contribution >= 4 is 12.0 Å². The van der Waals surface area contributed by atoms with Gasteiger partial charge in [0.15, 0.2) is 0 Å². The van der Waals surface area contributed by atoms with Crippen molar-refractivity contribution < 1.29 is 14.7 Å². The minimum Gasteiger partial charge on any atom is -0.481 e. The molecule has 2 N–H and O–H groups in total. The van der Waals surface area contributed by atoms with Gasteiger partial charge in [0.1, 0.15) is 0 Å². The number of hydrogen-bond acceptors (Lipinski definition) is 2. The predicted molar refractivity (Wildman–Crippen MR) is 83.3 cm³/mol. The van der Waals surface area contributed by atoms with E-state index in [9.17, 15) is 14.7 Å². The number of piperidine rings is 1. The van der Waals surface area contributed by atoms with Crippen molar-refractivity contribution in [3.8, 4) is 0 Å². The van der Waals surface area contributed by atoms with Crippen LogP contribution in [0.2, 0.25) is 0 Å². The summed E-state index contributed by atoms with van der Waals surface area (Å²) in [5, 5.41) is 12.5. The number of nitrogens with zero attached hydrogens (tertiary/aromatic N) is 1. The van der Waals surface area contributed by atoms with E-state index in [0.29, 0.717) is 32.4 Å². The van der Waals surface area contributed by atoms with Crippen LogP contribution in [0.25, 0.3) is 0 Å². The molecule has 0 aliphatic carbocycles. The smallest absolute Gasteiger partial charge is 0.317 e. The Hall–Kier alpha value is -1.26. The number of amides is 2. The van der Waals surface area contributed by atoms with E-state index in [0.717, 1.165) is 19.3 Å². The summed E-state index contributed by atoms with van der Waals surface area (Å²) < 4.78 is 0. The maximum absolute atomic E-state index is 12.3. The molecule has 122 valence electrons. The zero-order valence-corrected chi connectivity index (χ0v) is 13.9. The third kappa shape index (κ3) is 4.61. The van der Waals surface area contributed by atoms with Crippen LogP contribution in [0.1, 0.15) is 66.2 Å². The fourth-order valence-electron chi connectivity index (χ4n) is 3.24. The Morgan fingerprint density at radius 2 is 1.76 bits per heavy atom. The SMILES string of the molecule is CCCC(C)(C)NC(=O)N1CCC(CCC)(C(=O)O)CC1. The minimum absolute atomic E-state index is 0.0658. The summed E-state index contributed by atoms with van der Waals surface area (Å²) in [5.41, 5.74) is -0.846. The van der Waals surface area contributed by atoms with Crippen molar-refractivity contribution in [2.45, 2.75) is 71.8 Å². The van der Waals surface area contributed by atoms with Crippen molar-refractivity contribution in [1.82, 2.24) is 10.2 Å². The fourth-order valence-corrected chi connectivity index (χ4v) is 3.24. The van der Waals surface area contributed by atoms with Crippen LogP contribution in [-0.4, -0.2) is 40.6 Å². The zero-order chi connectivity index (χ0) is 16.1. The molecule has 0 aromatic carbocycles. The topological polar surface area (TPSA) is 69.6 Å². The van der Waals surface area contributed by atoms with Gasteiger partial charge in [-0.1, -0.05) is 26.7 Å². The number of carbonyl (C=O) groups excluding carboxylic acids is 1. The number of aliphatic carboxylic acids is 1. The first-order valence-corrected chi connectivity index (χ1v) is 8.07. The number of urea groups is 1. The number of carbonyl (C=O) groups is 2. The lowest BCUT2D eigenvalue weighted by molar-refractivity contribution is -0.152. The number of nitrogens with one attached hydrogen (secondary N) is 1. The molecule has 0 atom stereocenters. The number of likely N-dealkylation sites (tertiary alicyclic amines) is 1. The van der Waals surface area contributed by atoms with Crippen LogP contribution in [0, 0.1) is 5.41 Å². The van der Waals surface area contributed by atoms with Gasteiger partial charge < -0.3 is 15.3 Å². The summed E-state index contributed by atoms with van der Waals surface area (Å²) in [6.45, 7) is 9.21. The lowest BCUT2D eigenvalue weighted by Gasteiger charge is -2.40. The monoisotopic (exact) mass is 298 g/mol. The molecule has 0 radical (unpaired) electrons. The quantitative estimate of drug-likeness (QED) is 0.791. The van der Waals surface area contributed by atoms with Gasteiger partial charge in [0, 0.05) is 18.6 Å². The van der Waals surface area contributed by atoms with E-state index >= 15 is 0 Å². The molecule has 0 spiro atoms. The first-order chi connectivity index (χ1) is 9.76. The van der Waals surface area contributed by atoms with Gasteiger partial charge in [-0.15, -0.1) is 0 Å². The van der Waals surface area contributed by atoms with Crippen LogP contribution in [0.4, 0.5) is 4.79 Å². The van der Waals surface area contributed by atoms with Crippen LogP contribution in [-0.2, 0) is 4.79 Å². The van der Waals surface area contributed by atoms with Crippen molar-refractivity contribution in [1.29, 1.82) is 0 Å². The van der Waals surface area contributed by atoms with Crippen LogP contribution < -0.4 is 5.32 Å². The Labute approximate surface area is 128 Å². The van der Waals surface area contributed by atoms with Crippen molar-refractivity contribution in [2.24, 2.45) is 5.41 Å². The summed E-state index contributed by atoms with van der Waals surface area (Å²) in [4.78, 5) is 25.6. The van der Waals surface area contributed by atoms with Gasteiger partial charge in [-0.2, -0.15) is 0 Å². The molecule has 1 saturated heterocycles. The van der Waals surface area contributed by atoms with Gasteiger partial charge in [0.2, 0.25) is 0 Å². The molecule has 0 unspecified atom stereocenters. The largest absolute Gasteiger partial charge is 0.481 e. The standard InChI is InChI=1S/C16H30N2O3/c1-5-7-15(3,4)17-14(21)18-11-9-16(8-6-2,10-12-18)13(19)20/h5-12H2,1-4H3,(H,17,21)(H,19,20). The number of carboxylic acids is 1. The van der Waals surface area contributed by atoms with Crippen LogP contribution >= 0.6 is 0 Å². The van der Waals surface area contributed by atoms with E-state index in [1.807, 2.05) is 20.8 Å². The van der Waals surface area contributed by atoms with E-state index in [-0.39, 0.29) is 11.6 Å². The molecular formula is C16H30N2O3. The maximum atomic E-state index is 12.3. The minimum atomic E-state index is -0.712. The summed E-state index contributed by atoms with van der Waals surface area (Å²) in [6, 6.07) is -0.0658. The second-order valence-electron chi connectivity index (χ2n) is 6.89. The Morgan fingerprint density at radius 1 is 1.19 bits per heavy atom. The zero-order valence-electron chi connectivity index (χ0n) is 13.9. The van der Waals surface area contributed by atoms with Crippen LogP contribution in [0.15, 0.2) is 0 Å². The van der Waals surface area contributed by atoms with Crippen molar-refractivity contribution in [2.75, 3.05) is 13.1 Å². The Balaban J connectivity index is 2.59. The maximum Gasteiger partial charge on any atom is 0.317 e. The van der Waals surface area contributed by atoms with Crippen molar-refractivity contribution in [3.05, 3.63) is 0 Å². The lowest BCUT2D eigenvalue weighted by atomic mass is 9.75. The van der Waals surface area contributed by atoms with Gasteiger partial charge in [-0.05, 0) is 39.5 Å². The first-order valence-electron chi connectivity index (χ1n) is 8.07. The average Bonchev–Trinajstić information content (AvgIpc) is 2.38. The molecular weight excluding hydrogens is 268 g/mol. The molecule has 1 aliphatic heterocycles. The first kappa shape index (κ1) is 17.8. The molecule has 21 heavy (non-hydrogen) atoms. The molecule has 0 saturated carbocycles. The lowest BCUT2D eigenvalue weighted by Crippen LogP contribution is -2.54. The second kappa shape index (κ2) is 7.14. The molecule has 1 rings (SSSR count). The van der Waals surface area contributed by atoms with Gasteiger partial charge in [0.05, 0.1) is 5.41 Å².